The van der Waals surface area contributed by atoms with Crippen LogP contribution < -0.4 is 5.32 Å². The first-order valence-electron chi connectivity index (χ1n) is 6.33. The second kappa shape index (κ2) is 6.22. The molecule has 4 nitrogen and oxygen atoms in total. The first-order chi connectivity index (χ1) is 10.2. The minimum absolute atomic E-state index is 0.113. The van der Waals surface area contributed by atoms with Crippen molar-refractivity contribution in [2.45, 2.75) is 5.37 Å². The number of nitrogens with zero attached hydrogens (tertiary/aromatic N) is 1. The topological polar surface area (TPSA) is 45.5 Å². The van der Waals surface area contributed by atoms with Crippen LogP contribution in [0.4, 0.5) is 10.5 Å². The summed E-state index contributed by atoms with van der Waals surface area (Å²) in [5, 5.41) is 3.44. The maximum Gasteiger partial charge on any atom is 0.323 e. The molecule has 1 fully saturated rings. The van der Waals surface area contributed by atoms with Crippen molar-refractivity contribution in [2.24, 2.45) is 0 Å². The zero-order valence-electron chi connectivity index (χ0n) is 10.9. The van der Waals surface area contributed by atoms with Gasteiger partial charge in [-0.1, -0.05) is 29.3 Å². The lowest BCUT2D eigenvalue weighted by Crippen LogP contribution is -2.34. The van der Waals surface area contributed by atoms with Crippen LogP contribution in [0.1, 0.15) is 11.1 Å². The van der Waals surface area contributed by atoms with Gasteiger partial charge in [0.25, 0.3) is 0 Å². The number of furan rings is 1. The Hall–Kier alpha value is -1.30. The molecule has 0 unspecified atom stereocenters. The molecule has 1 N–H and O–H groups in total. The van der Waals surface area contributed by atoms with E-state index in [1.165, 1.54) is 0 Å². The molecule has 1 saturated heterocycles. The normalized spacial score (nSPS) is 18.0. The van der Waals surface area contributed by atoms with Crippen molar-refractivity contribution >= 4 is 46.7 Å². The monoisotopic (exact) mass is 342 g/mol. The molecule has 0 bridgehead atoms. The first-order valence-corrected chi connectivity index (χ1v) is 8.14. The molecular weight excluding hydrogens is 331 g/mol. The van der Waals surface area contributed by atoms with Gasteiger partial charge in [0.05, 0.1) is 22.0 Å². The van der Waals surface area contributed by atoms with Crippen molar-refractivity contribution < 1.29 is 9.21 Å². The van der Waals surface area contributed by atoms with Crippen LogP contribution in [0.15, 0.2) is 41.0 Å². The standard InChI is InChI=1S/C14H12Cl2N2O2S/c15-9-3-1-4-10(12(9)16)17-14(19)18-6-8-21-13(18)11-5-2-7-20-11/h1-5,7,13H,6,8H2,(H,17,19)/t13-/m0/s1. The van der Waals surface area contributed by atoms with Gasteiger partial charge in [0.15, 0.2) is 0 Å². The van der Waals surface area contributed by atoms with Crippen molar-refractivity contribution in [1.82, 2.24) is 4.90 Å². The predicted molar refractivity (Wildman–Crippen MR) is 86.1 cm³/mol. The molecule has 3 rings (SSSR count). The molecule has 2 aromatic rings. The summed E-state index contributed by atoms with van der Waals surface area (Å²) in [7, 11) is 0. The Kier molecular flexibility index (Phi) is 4.33. The summed E-state index contributed by atoms with van der Waals surface area (Å²) in [4.78, 5) is 14.2. The van der Waals surface area contributed by atoms with E-state index in [0.29, 0.717) is 22.3 Å². The van der Waals surface area contributed by atoms with Crippen molar-refractivity contribution in [3.05, 3.63) is 52.4 Å². The van der Waals surface area contributed by atoms with E-state index >= 15 is 0 Å². The maximum atomic E-state index is 12.4. The number of rotatable bonds is 2. The van der Waals surface area contributed by atoms with Crippen molar-refractivity contribution in [2.75, 3.05) is 17.6 Å². The molecule has 0 saturated carbocycles. The van der Waals surface area contributed by atoms with Crippen molar-refractivity contribution in [1.29, 1.82) is 0 Å². The van der Waals surface area contributed by atoms with Crippen LogP contribution in [-0.4, -0.2) is 23.2 Å². The van der Waals surface area contributed by atoms with Crippen LogP contribution in [0.2, 0.25) is 10.0 Å². The van der Waals surface area contributed by atoms with Gasteiger partial charge in [-0.25, -0.2) is 4.79 Å². The minimum Gasteiger partial charge on any atom is -0.466 e. The molecule has 1 aliphatic heterocycles. The number of nitrogens with one attached hydrogen (secondary N) is 1. The number of thioether (sulfide) groups is 1. The van der Waals surface area contributed by atoms with Crippen LogP contribution in [0.5, 0.6) is 0 Å². The van der Waals surface area contributed by atoms with Gasteiger partial charge < -0.3 is 14.6 Å². The number of urea groups is 1. The largest absolute Gasteiger partial charge is 0.466 e. The summed E-state index contributed by atoms with van der Waals surface area (Å²) in [6.45, 7) is 0.653. The summed E-state index contributed by atoms with van der Waals surface area (Å²) in [5.41, 5.74) is 0.504. The fourth-order valence-electron chi connectivity index (χ4n) is 2.13. The van der Waals surface area contributed by atoms with E-state index < -0.39 is 0 Å². The number of benzene rings is 1. The number of anilines is 1. The molecule has 2 heterocycles. The average Bonchev–Trinajstić information content (AvgIpc) is 3.13. The zero-order valence-corrected chi connectivity index (χ0v) is 13.2. The molecule has 110 valence electrons. The summed E-state index contributed by atoms with van der Waals surface area (Å²) >= 11 is 13.7. The Morgan fingerprint density at radius 3 is 2.95 bits per heavy atom. The lowest BCUT2D eigenvalue weighted by Gasteiger charge is -2.22. The van der Waals surface area contributed by atoms with Gasteiger partial charge in [-0.3, -0.25) is 0 Å². The molecular formula is C14H12Cl2N2O2S. The zero-order chi connectivity index (χ0) is 14.8. The Balaban J connectivity index is 1.77. The van der Waals surface area contributed by atoms with E-state index in [2.05, 4.69) is 5.32 Å². The van der Waals surface area contributed by atoms with E-state index in [4.69, 9.17) is 27.6 Å². The quantitative estimate of drug-likeness (QED) is 0.846. The maximum absolute atomic E-state index is 12.4. The van der Waals surface area contributed by atoms with E-state index in [-0.39, 0.29) is 11.4 Å². The predicted octanol–water partition coefficient (Wildman–Crippen LogP) is 4.87. The number of hydrogen-bond acceptors (Lipinski definition) is 3. The molecule has 1 aliphatic rings. The van der Waals surface area contributed by atoms with Crippen LogP contribution in [-0.2, 0) is 0 Å². The lowest BCUT2D eigenvalue weighted by atomic mass is 10.3. The van der Waals surface area contributed by atoms with Gasteiger partial charge in [0.2, 0.25) is 0 Å². The molecule has 1 aromatic carbocycles. The van der Waals surface area contributed by atoms with E-state index in [9.17, 15) is 4.79 Å². The third-order valence-corrected chi connectivity index (χ3v) is 5.17. The highest BCUT2D eigenvalue weighted by molar-refractivity contribution is 7.99. The molecule has 2 amide bonds. The van der Waals surface area contributed by atoms with Gasteiger partial charge in [-0.2, -0.15) is 0 Å². The van der Waals surface area contributed by atoms with Crippen LogP contribution in [0.25, 0.3) is 0 Å². The molecule has 21 heavy (non-hydrogen) atoms. The second-order valence-electron chi connectivity index (χ2n) is 4.46. The van der Waals surface area contributed by atoms with Gasteiger partial charge in [0.1, 0.15) is 11.1 Å². The number of hydrogen-bond donors (Lipinski definition) is 1. The Morgan fingerprint density at radius 1 is 1.33 bits per heavy atom. The Morgan fingerprint density at radius 2 is 2.19 bits per heavy atom. The molecule has 1 aromatic heterocycles. The van der Waals surface area contributed by atoms with Gasteiger partial charge in [0, 0.05) is 12.3 Å². The van der Waals surface area contributed by atoms with Gasteiger partial charge in [-0.05, 0) is 24.3 Å². The molecule has 0 spiro atoms. The Bertz CT molecular complexity index is 648. The van der Waals surface area contributed by atoms with Crippen molar-refractivity contribution in [3.8, 4) is 0 Å². The fourth-order valence-corrected chi connectivity index (χ4v) is 3.69. The number of amides is 2. The van der Waals surface area contributed by atoms with Crippen LogP contribution >= 0.6 is 35.0 Å². The SMILES string of the molecule is O=C(Nc1cccc(Cl)c1Cl)N1CCS[C@H]1c1ccco1. The minimum atomic E-state index is -0.217. The summed E-state index contributed by atoms with van der Waals surface area (Å²) in [5.74, 6) is 1.63. The second-order valence-corrected chi connectivity index (χ2v) is 6.44. The summed E-state index contributed by atoms with van der Waals surface area (Å²) in [6, 6.07) is 8.61. The van der Waals surface area contributed by atoms with E-state index in [1.807, 2.05) is 12.1 Å². The Labute approximate surface area is 136 Å². The lowest BCUT2D eigenvalue weighted by molar-refractivity contribution is 0.210. The van der Waals surface area contributed by atoms with Crippen LogP contribution in [0.3, 0.4) is 0 Å². The van der Waals surface area contributed by atoms with E-state index in [0.717, 1.165) is 11.5 Å². The molecule has 1 atom stereocenters. The average molecular weight is 343 g/mol. The highest BCUT2D eigenvalue weighted by Gasteiger charge is 2.32. The summed E-state index contributed by atoms with van der Waals surface area (Å²) in [6.07, 6.45) is 1.61. The van der Waals surface area contributed by atoms with E-state index in [1.54, 1.807) is 41.1 Å². The molecule has 0 radical (unpaired) electrons. The first kappa shape index (κ1) is 14.6. The highest BCUT2D eigenvalue weighted by atomic mass is 35.5. The smallest absolute Gasteiger partial charge is 0.323 e. The van der Waals surface area contributed by atoms with Crippen LogP contribution in [0, 0.1) is 0 Å². The third-order valence-electron chi connectivity index (χ3n) is 3.13. The fraction of sp³-hybridized carbons (Fsp3) is 0.214. The summed E-state index contributed by atoms with van der Waals surface area (Å²) < 4.78 is 5.40. The molecule has 0 aliphatic carbocycles. The van der Waals surface area contributed by atoms with Gasteiger partial charge >= 0.3 is 6.03 Å². The number of halogens is 2. The number of carbonyl (C=O) groups is 1. The van der Waals surface area contributed by atoms with Crippen molar-refractivity contribution in [3.63, 3.8) is 0 Å². The third kappa shape index (κ3) is 3.00. The molecule has 7 heteroatoms. The highest BCUT2D eigenvalue weighted by Crippen LogP contribution is 2.38. The van der Waals surface area contributed by atoms with Gasteiger partial charge in [-0.15, -0.1) is 11.8 Å². The number of carbonyl (C=O) groups excluding carboxylic acids is 1.